The summed E-state index contributed by atoms with van der Waals surface area (Å²) in [4.78, 5) is 4.08. The lowest BCUT2D eigenvalue weighted by atomic mass is 10.2. The molecule has 0 aliphatic heterocycles. The lowest BCUT2D eigenvalue weighted by molar-refractivity contribution is 0.733. The first-order valence-corrected chi connectivity index (χ1v) is 5.34. The van der Waals surface area contributed by atoms with E-state index < -0.39 is 0 Å². The number of imidazole rings is 1. The first-order chi connectivity index (χ1) is 7.43. The van der Waals surface area contributed by atoms with E-state index in [2.05, 4.69) is 20.5 Å². The monoisotopic (exact) mass is 203 g/mol. The van der Waals surface area contributed by atoms with E-state index in [1.54, 1.807) is 18.7 Å². The molecule has 2 aromatic rings. The van der Waals surface area contributed by atoms with Crippen LogP contribution in [-0.4, -0.2) is 25.6 Å². The van der Waals surface area contributed by atoms with Crippen LogP contribution >= 0.6 is 0 Å². The molecule has 78 valence electrons. The van der Waals surface area contributed by atoms with Gasteiger partial charge in [0.05, 0.1) is 17.9 Å². The predicted octanol–water partition coefficient (Wildman–Crippen LogP) is 1.48. The minimum Gasteiger partial charge on any atom is -0.351 e. The van der Waals surface area contributed by atoms with E-state index in [4.69, 9.17) is 0 Å². The molecule has 0 radical (unpaired) electrons. The van der Waals surface area contributed by atoms with Crippen LogP contribution in [0.25, 0.3) is 5.52 Å². The van der Waals surface area contributed by atoms with Crippen molar-refractivity contribution in [1.82, 2.24) is 19.6 Å². The Bertz CT molecular complexity index is 458. The maximum absolute atomic E-state index is 4.10. The number of anilines is 1. The summed E-state index contributed by atoms with van der Waals surface area (Å²) in [7, 11) is 0. The van der Waals surface area contributed by atoms with Gasteiger partial charge in [-0.05, 0) is 12.8 Å². The molecule has 0 spiro atoms. The Hall–Kier alpha value is -1.65. The molecular weight excluding hydrogens is 190 g/mol. The van der Waals surface area contributed by atoms with Crippen molar-refractivity contribution in [3.8, 4) is 0 Å². The minimum atomic E-state index is 0.548. The van der Waals surface area contributed by atoms with Gasteiger partial charge in [-0.1, -0.05) is 12.8 Å². The van der Waals surface area contributed by atoms with Crippen molar-refractivity contribution in [3.63, 3.8) is 0 Å². The highest BCUT2D eigenvalue weighted by Crippen LogP contribution is 2.21. The molecule has 0 aromatic carbocycles. The first kappa shape index (κ1) is 8.64. The Labute approximate surface area is 87.5 Å². The third-order valence-electron chi connectivity index (χ3n) is 2.93. The van der Waals surface area contributed by atoms with Gasteiger partial charge in [-0.2, -0.15) is 5.10 Å². The van der Waals surface area contributed by atoms with Crippen molar-refractivity contribution in [2.75, 3.05) is 5.32 Å². The number of rotatable bonds is 2. The molecule has 1 fully saturated rings. The van der Waals surface area contributed by atoms with Gasteiger partial charge < -0.3 is 5.32 Å². The molecule has 0 bridgehead atoms. The Morgan fingerprint density at radius 3 is 3.00 bits per heavy atom. The number of hydrogen-bond acceptors (Lipinski definition) is 4. The van der Waals surface area contributed by atoms with Crippen molar-refractivity contribution in [2.24, 2.45) is 0 Å². The highest BCUT2D eigenvalue weighted by atomic mass is 15.3. The van der Waals surface area contributed by atoms with E-state index in [1.807, 2.05) is 4.40 Å². The van der Waals surface area contributed by atoms with E-state index in [-0.39, 0.29) is 0 Å². The zero-order valence-electron chi connectivity index (χ0n) is 8.43. The smallest absolute Gasteiger partial charge is 0.229 e. The highest BCUT2D eigenvalue weighted by Gasteiger charge is 2.16. The van der Waals surface area contributed by atoms with Gasteiger partial charge in [-0.25, -0.2) is 4.98 Å². The third-order valence-corrected chi connectivity index (χ3v) is 2.93. The van der Waals surface area contributed by atoms with Gasteiger partial charge in [-0.3, -0.25) is 4.40 Å². The molecule has 0 unspecified atom stereocenters. The average Bonchev–Trinajstić information content (AvgIpc) is 2.87. The summed E-state index contributed by atoms with van der Waals surface area (Å²) in [6.07, 6.45) is 10.3. The Kier molecular flexibility index (Phi) is 2.01. The number of nitrogens with zero attached hydrogens (tertiary/aromatic N) is 4. The predicted molar refractivity (Wildman–Crippen MR) is 56.7 cm³/mol. The second kappa shape index (κ2) is 3.49. The number of nitrogens with one attached hydrogen (secondary N) is 1. The summed E-state index contributed by atoms with van der Waals surface area (Å²) in [5.41, 5.74) is 0.977. The lowest BCUT2D eigenvalue weighted by Gasteiger charge is -2.12. The van der Waals surface area contributed by atoms with E-state index in [1.165, 1.54) is 25.7 Å². The molecular formula is C10H13N5. The molecule has 1 N–H and O–H groups in total. The van der Waals surface area contributed by atoms with E-state index >= 15 is 0 Å². The van der Waals surface area contributed by atoms with Crippen LogP contribution in [0.2, 0.25) is 0 Å². The molecule has 2 aromatic heterocycles. The van der Waals surface area contributed by atoms with Gasteiger partial charge in [0.2, 0.25) is 5.95 Å². The lowest BCUT2D eigenvalue weighted by Crippen LogP contribution is -2.18. The molecule has 5 nitrogen and oxygen atoms in total. The molecule has 15 heavy (non-hydrogen) atoms. The maximum Gasteiger partial charge on any atom is 0.229 e. The maximum atomic E-state index is 4.10. The van der Waals surface area contributed by atoms with E-state index in [9.17, 15) is 0 Å². The van der Waals surface area contributed by atoms with Crippen LogP contribution in [-0.2, 0) is 0 Å². The number of fused-ring (bicyclic) bond motifs is 1. The standard InChI is InChI=1S/C10H13N5/c1-2-4-8(3-1)13-10-14-12-6-9-5-11-7-15(9)10/h5-8H,1-4H2,(H,13,14). The number of hydrogen-bond donors (Lipinski definition) is 1. The van der Waals surface area contributed by atoms with E-state index in [0.29, 0.717) is 6.04 Å². The van der Waals surface area contributed by atoms with Crippen LogP contribution in [0.5, 0.6) is 0 Å². The molecule has 3 rings (SSSR count). The first-order valence-electron chi connectivity index (χ1n) is 5.34. The van der Waals surface area contributed by atoms with Gasteiger partial charge in [0, 0.05) is 6.04 Å². The van der Waals surface area contributed by atoms with Gasteiger partial charge in [0.1, 0.15) is 6.33 Å². The second-order valence-corrected chi connectivity index (χ2v) is 3.98. The summed E-state index contributed by atoms with van der Waals surface area (Å²) in [5, 5.41) is 11.5. The Morgan fingerprint density at radius 2 is 2.13 bits per heavy atom. The van der Waals surface area contributed by atoms with Crippen LogP contribution < -0.4 is 5.32 Å². The molecule has 0 atom stereocenters. The topological polar surface area (TPSA) is 55.1 Å². The van der Waals surface area contributed by atoms with Crippen molar-refractivity contribution >= 4 is 11.5 Å². The van der Waals surface area contributed by atoms with Crippen molar-refractivity contribution in [2.45, 2.75) is 31.7 Å². The van der Waals surface area contributed by atoms with Gasteiger partial charge >= 0.3 is 0 Å². The zero-order chi connectivity index (χ0) is 10.1. The summed E-state index contributed by atoms with van der Waals surface area (Å²) in [6, 6.07) is 0.548. The van der Waals surface area contributed by atoms with Crippen LogP contribution in [0.4, 0.5) is 5.95 Å². The SMILES string of the molecule is c1ncn2c(NC3CCCC3)nncc12. The molecule has 1 aliphatic rings. The molecule has 1 saturated carbocycles. The number of aromatic nitrogens is 4. The summed E-state index contributed by atoms with van der Waals surface area (Å²) in [6.45, 7) is 0. The summed E-state index contributed by atoms with van der Waals surface area (Å²) in [5.74, 6) is 0.803. The normalized spacial score (nSPS) is 17.3. The molecule has 0 saturated heterocycles. The molecule has 1 aliphatic carbocycles. The van der Waals surface area contributed by atoms with Crippen LogP contribution in [0.1, 0.15) is 25.7 Å². The van der Waals surface area contributed by atoms with Crippen molar-refractivity contribution in [1.29, 1.82) is 0 Å². The van der Waals surface area contributed by atoms with Crippen molar-refractivity contribution in [3.05, 3.63) is 18.7 Å². The minimum absolute atomic E-state index is 0.548. The zero-order valence-corrected chi connectivity index (χ0v) is 8.43. The van der Waals surface area contributed by atoms with E-state index in [0.717, 1.165) is 11.5 Å². The third kappa shape index (κ3) is 1.54. The fourth-order valence-corrected chi connectivity index (χ4v) is 2.12. The average molecular weight is 203 g/mol. The van der Waals surface area contributed by atoms with Crippen molar-refractivity contribution < 1.29 is 0 Å². The summed E-state index contributed by atoms with van der Waals surface area (Å²) < 4.78 is 1.94. The largest absolute Gasteiger partial charge is 0.351 e. The fraction of sp³-hybridized carbons (Fsp3) is 0.500. The second-order valence-electron chi connectivity index (χ2n) is 3.98. The van der Waals surface area contributed by atoms with Crippen LogP contribution in [0.15, 0.2) is 18.7 Å². The van der Waals surface area contributed by atoms with Gasteiger partial charge in [-0.15, -0.1) is 5.10 Å². The molecule has 2 heterocycles. The Morgan fingerprint density at radius 1 is 1.27 bits per heavy atom. The van der Waals surface area contributed by atoms with Crippen LogP contribution in [0, 0.1) is 0 Å². The highest BCUT2D eigenvalue weighted by molar-refractivity contribution is 5.47. The Balaban J connectivity index is 1.92. The molecule has 0 amide bonds. The quantitative estimate of drug-likeness (QED) is 0.803. The summed E-state index contributed by atoms with van der Waals surface area (Å²) >= 11 is 0. The fourth-order valence-electron chi connectivity index (χ4n) is 2.12. The molecule has 5 heteroatoms. The van der Waals surface area contributed by atoms with Crippen LogP contribution in [0.3, 0.4) is 0 Å². The van der Waals surface area contributed by atoms with Gasteiger partial charge in [0.15, 0.2) is 0 Å². The van der Waals surface area contributed by atoms with Gasteiger partial charge in [0.25, 0.3) is 0 Å².